The minimum Gasteiger partial charge on any atom is -0.487 e. The van der Waals surface area contributed by atoms with Crippen molar-refractivity contribution in [2.24, 2.45) is 5.10 Å². The molecule has 0 spiro atoms. The predicted molar refractivity (Wildman–Crippen MR) is 108 cm³/mol. The van der Waals surface area contributed by atoms with E-state index < -0.39 is 0 Å². The van der Waals surface area contributed by atoms with Crippen LogP contribution in [0, 0.1) is 0 Å². The summed E-state index contributed by atoms with van der Waals surface area (Å²) >= 11 is 6.27. The Bertz CT molecular complexity index is 912. The van der Waals surface area contributed by atoms with Crippen LogP contribution in [0.15, 0.2) is 84.0 Å². The number of amides is 1. The monoisotopic (exact) mass is 378 g/mol. The van der Waals surface area contributed by atoms with Gasteiger partial charge in [-0.25, -0.2) is 5.43 Å². The van der Waals surface area contributed by atoms with Crippen molar-refractivity contribution in [2.75, 3.05) is 0 Å². The number of ether oxygens (including phenoxy) is 1. The molecule has 27 heavy (non-hydrogen) atoms. The second-order valence-electron chi connectivity index (χ2n) is 5.92. The molecule has 3 aromatic rings. The van der Waals surface area contributed by atoms with E-state index in [-0.39, 0.29) is 12.3 Å². The lowest BCUT2D eigenvalue weighted by molar-refractivity contribution is -0.120. The summed E-state index contributed by atoms with van der Waals surface area (Å²) in [4.78, 5) is 11.9. The van der Waals surface area contributed by atoms with Gasteiger partial charge in [0, 0.05) is 0 Å². The number of hydrogen-bond donors (Lipinski definition) is 1. The predicted octanol–water partition coefficient (Wildman–Crippen LogP) is 4.61. The van der Waals surface area contributed by atoms with Gasteiger partial charge in [-0.1, -0.05) is 72.3 Å². The number of nitrogens with one attached hydrogen (secondary N) is 1. The van der Waals surface area contributed by atoms with E-state index in [4.69, 9.17) is 16.3 Å². The summed E-state index contributed by atoms with van der Waals surface area (Å²) in [6.07, 6.45) is 1.83. The Kier molecular flexibility index (Phi) is 6.61. The van der Waals surface area contributed by atoms with E-state index in [1.807, 2.05) is 66.7 Å². The highest BCUT2D eigenvalue weighted by Gasteiger charge is 2.04. The lowest BCUT2D eigenvalue weighted by Crippen LogP contribution is -2.19. The Hall–Kier alpha value is -3.11. The Balaban J connectivity index is 1.52. The minimum atomic E-state index is -0.175. The molecule has 0 aromatic heterocycles. The Labute approximate surface area is 163 Å². The van der Waals surface area contributed by atoms with Crippen molar-refractivity contribution >= 4 is 23.7 Å². The molecule has 0 saturated carbocycles. The SMILES string of the molecule is O=C(Cc1ccccc1)N/N=C\c1ccc(OCc2ccccc2)c(Cl)c1. The van der Waals surface area contributed by atoms with Gasteiger partial charge in [0.1, 0.15) is 12.4 Å². The number of nitrogens with zero attached hydrogens (tertiary/aromatic N) is 1. The molecule has 0 aliphatic rings. The van der Waals surface area contributed by atoms with E-state index in [0.717, 1.165) is 16.7 Å². The Morgan fingerprint density at radius 3 is 2.30 bits per heavy atom. The van der Waals surface area contributed by atoms with Gasteiger partial charge in [-0.2, -0.15) is 5.10 Å². The number of benzene rings is 3. The average Bonchev–Trinajstić information content (AvgIpc) is 2.69. The first-order chi connectivity index (χ1) is 13.2. The zero-order chi connectivity index (χ0) is 18.9. The molecule has 3 aromatic carbocycles. The Morgan fingerprint density at radius 1 is 0.963 bits per heavy atom. The fraction of sp³-hybridized carbons (Fsp3) is 0.0909. The minimum absolute atomic E-state index is 0.175. The van der Waals surface area contributed by atoms with Crippen LogP contribution < -0.4 is 10.2 Å². The maximum atomic E-state index is 11.9. The van der Waals surface area contributed by atoms with Gasteiger partial charge >= 0.3 is 0 Å². The van der Waals surface area contributed by atoms with Crippen molar-refractivity contribution in [3.8, 4) is 5.75 Å². The van der Waals surface area contributed by atoms with Gasteiger partial charge in [0.2, 0.25) is 5.91 Å². The van der Waals surface area contributed by atoms with E-state index >= 15 is 0 Å². The normalized spacial score (nSPS) is 10.7. The molecule has 0 heterocycles. The van der Waals surface area contributed by atoms with Crippen LogP contribution in [0.1, 0.15) is 16.7 Å². The molecule has 1 amide bonds. The van der Waals surface area contributed by atoms with Gasteiger partial charge in [0.25, 0.3) is 0 Å². The molecule has 0 atom stereocenters. The van der Waals surface area contributed by atoms with Crippen molar-refractivity contribution in [3.05, 3.63) is 101 Å². The second kappa shape index (κ2) is 9.55. The van der Waals surface area contributed by atoms with Crippen LogP contribution in [0.5, 0.6) is 5.75 Å². The number of hydrogen-bond acceptors (Lipinski definition) is 3. The summed E-state index contributed by atoms with van der Waals surface area (Å²) in [7, 11) is 0. The molecule has 4 nitrogen and oxygen atoms in total. The molecule has 5 heteroatoms. The quantitative estimate of drug-likeness (QED) is 0.482. The van der Waals surface area contributed by atoms with E-state index in [1.165, 1.54) is 0 Å². The third-order valence-electron chi connectivity index (χ3n) is 3.80. The van der Waals surface area contributed by atoms with Crippen molar-refractivity contribution in [2.45, 2.75) is 13.0 Å². The largest absolute Gasteiger partial charge is 0.487 e. The maximum Gasteiger partial charge on any atom is 0.244 e. The van der Waals surface area contributed by atoms with Gasteiger partial charge in [0.05, 0.1) is 17.7 Å². The number of carbonyl (C=O) groups excluding carboxylic acids is 1. The van der Waals surface area contributed by atoms with E-state index in [0.29, 0.717) is 17.4 Å². The third kappa shape index (κ3) is 5.97. The molecule has 1 N–H and O–H groups in total. The fourth-order valence-electron chi connectivity index (χ4n) is 2.45. The lowest BCUT2D eigenvalue weighted by Gasteiger charge is -2.08. The average molecular weight is 379 g/mol. The van der Waals surface area contributed by atoms with E-state index in [9.17, 15) is 4.79 Å². The number of hydrazone groups is 1. The molecule has 136 valence electrons. The van der Waals surface area contributed by atoms with Gasteiger partial charge < -0.3 is 4.74 Å². The Morgan fingerprint density at radius 2 is 1.63 bits per heavy atom. The molecule has 0 aliphatic heterocycles. The van der Waals surface area contributed by atoms with Crippen LogP contribution in [0.2, 0.25) is 5.02 Å². The molecular formula is C22H19ClN2O2. The van der Waals surface area contributed by atoms with Gasteiger partial charge in [-0.15, -0.1) is 0 Å². The molecule has 0 fully saturated rings. The molecule has 0 unspecified atom stereocenters. The van der Waals surface area contributed by atoms with Gasteiger partial charge in [0.15, 0.2) is 0 Å². The van der Waals surface area contributed by atoms with Crippen LogP contribution in [-0.2, 0) is 17.8 Å². The topological polar surface area (TPSA) is 50.7 Å². The van der Waals surface area contributed by atoms with Crippen LogP contribution in [0.3, 0.4) is 0 Å². The zero-order valence-electron chi connectivity index (χ0n) is 14.6. The summed E-state index contributed by atoms with van der Waals surface area (Å²) in [5.41, 5.74) is 5.29. The summed E-state index contributed by atoms with van der Waals surface area (Å²) in [5.74, 6) is 0.428. The van der Waals surface area contributed by atoms with Gasteiger partial charge in [-0.05, 0) is 34.9 Å². The van der Waals surface area contributed by atoms with Crippen LogP contribution >= 0.6 is 11.6 Å². The summed E-state index contributed by atoms with van der Waals surface area (Å²) in [6, 6.07) is 24.8. The van der Waals surface area contributed by atoms with E-state index in [1.54, 1.807) is 18.3 Å². The van der Waals surface area contributed by atoms with Gasteiger partial charge in [-0.3, -0.25) is 4.79 Å². The molecule has 0 bridgehead atoms. The standard InChI is InChI=1S/C22H19ClN2O2/c23-20-13-19(11-12-21(20)27-16-18-9-5-2-6-10-18)15-24-25-22(26)14-17-7-3-1-4-8-17/h1-13,15H,14,16H2,(H,25,26)/b24-15-. The smallest absolute Gasteiger partial charge is 0.244 e. The summed E-state index contributed by atoms with van der Waals surface area (Å²) in [6.45, 7) is 0.448. The zero-order valence-corrected chi connectivity index (χ0v) is 15.4. The van der Waals surface area contributed by atoms with Crippen LogP contribution in [-0.4, -0.2) is 12.1 Å². The first-order valence-corrected chi connectivity index (χ1v) is 8.90. The lowest BCUT2D eigenvalue weighted by atomic mass is 10.1. The van der Waals surface area contributed by atoms with Crippen molar-refractivity contribution < 1.29 is 9.53 Å². The molecule has 3 rings (SSSR count). The highest BCUT2D eigenvalue weighted by molar-refractivity contribution is 6.32. The molecular weight excluding hydrogens is 360 g/mol. The first kappa shape index (κ1) is 18.7. The molecule has 0 saturated heterocycles. The number of carbonyl (C=O) groups is 1. The number of rotatable bonds is 7. The maximum absolute atomic E-state index is 11.9. The van der Waals surface area contributed by atoms with Crippen molar-refractivity contribution in [3.63, 3.8) is 0 Å². The third-order valence-corrected chi connectivity index (χ3v) is 4.10. The van der Waals surface area contributed by atoms with E-state index in [2.05, 4.69) is 10.5 Å². The second-order valence-corrected chi connectivity index (χ2v) is 6.33. The van der Waals surface area contributed by atoms with Crippen LogP contribution in [0.4, 0.5) is 0 Å². The highest BCUT2D eigenvalue weighted by Crippen LogP contribution is 2.25. The first-order valence-electron chi connectivity index (χ1n) is 8.53. The molecule has 0 aliphatic carbocycles. The molecule has 0 radical (unpaired) electrons. The summed E-state index contributed by atoms with van der Waals surface area (Å²) < 4.78 is 5.74. The van der Waals surface area contributed by atoms with Crippen molar-refractivity contribution in [1.29, 1.82) is 0 Å². The summed E-state index contributed by atoms with van der Waals surface area (Å²) in [5, 5.41) is 4.47. The van der Waals surface area contributed by atoms with Crippen LogP contribution in [0.25, 0.3) is 0 Å². The fourth-order valence-corrected chi connectivity index (χ4v) is 2.69. The highest BCUT2D eigenvalue weighted by atomic mass is 35.5. The number of halogens is 1. The van der Waals surface area contributed by atoms with Crippen molar-refractivity contribution in [1.82, 2.24) is 5.43 Å².